The van der Waals surface area contributed by atoms with Crippen LogP contribution in [0.1, 0.15) is 12.0 Å². The number of nitrogens with zero attached hydrogens (tertiary/aromatic N) is 6. The molecule has 1 aromatic heterocycles. The van der Waals surface area contributed by atoms with E-state index in [-0.39, 0.29) is 30.9 Å². The van der Waals surface area contributed by atoms with E-state index in [4.69, 9.17) is 14.2 Å². The molecule has 0 bridgehead atoms. The molecule has 2 N–H and O–H groups in total. The summed E-state index contributed by atoms with van der Waals surface area (Å²) in [5.74, 6) is -3.15. The molecule has 15 heteroatoms. The van der Waals surface area contributed by atoms with Crippen LogP contribution in [-0.4, -0.2) is 115 Å². The Morgan fingerprint density at radius 1 is 1.06 bits per heavy atom. The molecule has 250 valence electrons. The lowest BCUT2D eigenvalue weighted by molar-refractivity contribution is -0.161. The molecule has 0 radical (unpaired) electrons. The van der Waals surface area contributed by atoms with Crippen molar-refractivity contribution < 1.29 is 32.6 Å². The second kappa shape index (κ2) is 13.2. The number of carbonyl (C=O) groups excluding carboxylic acids is 2. The molecule has 0 spiro atoms. The number of benzene rings is 2. The fourth-order valence-electron chi connectivity index (χ4n) is 6.25. The predicted molar refractivity (Wildman–Crippen MR) is 169 cm³/mol. The van der Waals surface area contributed by atoms with Gasteiger partial charge in [0.1, 0.15) is 30.3 Å². The summed E-state index contributed by atoms with van der Waals surface area (Å²) >= 11 is 0. The van der Waals surface area contributed by atoms with Crippen molar-refractivity contribution in [3.05, 3.63) is 60.3 Å². The van der Waals surface area contributed by atoms with Crippen molar-refractivity contribution in [3.63, 3.8) is 0 Å². The van der Waals surface area contributed by atoms with Crippen LogP contribution in [0.15, 0.2) is 54.7 Å². The van der Waals surface area contributed by atoms with E-state index in [1.54, 1.807) is 18.3 Å². The Labute approximate surface area is 275 Å². The Bertz CT molecular complexity index is 1710. The molecule has 0 aliphatic carbocycles. The largest absolute Gasteiger partial charge is 0.483 e. The van der Waals surface area contributed by atoms with E-state index in [1.165, 1.54) is 12.1 Å². The SMILES string of the molecule is N#Cc1cc(-c2nccc(Nc3ccc(N4CCN(C5COC5)CC4)cc3)n2)ccc1O[C@H]1CCN(C(=O)[C@@H]2COC(=O)N2)CC1(F)F. The van der Waals surface area contributed by atoms with E-state index in [0.717, 1.165) is 55.7 Å². The smallest absolute Gasteiger partial charge is 0.407 e. The van der Waals surface area contributed by atoms with E-state index in [1.807, 2.05) is 18.2 Å². The Morgan fingerprint density at radius 3 is 2.52 bits per heavy atom. The zero-order valence-electron chi connectivity index (χ0n) is 26.0. The van der Waals surface area contributed by atoms with Gasteiger partial charge in [-0.2, -0.15) is 5.26 Å². The number of ether oxygens (including phenoxy) is 3. The Hall–Kier alpha value is -5.07. The van der Waals surface area contributed by atoms with E-state index < -0.39 is 36.6 Å². The van der Waals surface area contributed by atoms with Gasteiger partial charge in [0.15, 0.2) is 11.9 Å². The normalized spacial score (nSPS) is 22.6. The van der Waals surface area contributed by atoms with Gasteiger partial charge in [0, 0.05) is 62.3 Å². The number of nitriles is 1. The number of nitrogens with one attached hydrogen (secondary N) is 2. The van der Waals surface area contributed by atoms with Crippen LogP contribution in [0.5, 0.6) is 5.75 Å². The average Bonchev–Trinajstić information content (AvgIpc) is 3.51. The molecule has 0 saturated carbocycles. The molecule has 3 aromatic rings. The van der Waals surface area contributed by atoms with Crippen LogP contribution in [0.4, 0.5) is 30.8 Å². The third kappa shape index (κ3) is 6.67. The monoisotopic (exact) mass is 660 g/mol. The summed E-state index contributed by atoms with van der Waals surface area (Å²) < 4.78 is 46.0. The highest BCUT2D eigenvalue weighted by Crippen LogP contribution is 2.34. The number of alkyl carbamates (subject to hydrolysis) is 1. The van der Waals surface area contributed by atoms with Gasteiger partial charge in [-0.3, -0.25) is 9.69 Å². The van der Waals surface area contributed by atoms with Crippen LogP contribution in [0.2, 0.25) is 0 Å². The number of piperidine rings is 1. The Morgan fingerprint density at radius 2 is 1.85 bits per heavy atom. The second-order valence-corrected chi connectivity index (χ2v) is 12.2. The molecule has 5 heterocycles. The highest BCUT2D eigenvalue weighted by molar-refractivity contribution is 5.88. The number of alkyl halides is 2. The first-order valence-corrected chi connectivity index (χ1v) is 15.8. The molecule has 13 nitrogen and oxygen atoms in total. The molecule has 4 aliphatic rings. The number of amides is 2. The third-order valence-corrected chi connectivity index (χ3v) is 9.06. The summed E-state index contributed by atoms with van der Waals surface area (Å²) in [6, 6.07) is 16.0. The van der Waals surface area contributed by atoms with E-state index in [2.05, 4.69) is 42.5 Å². The van der Waals surface area contributed by atoms with Gasteiger partial charge in [-0.15, -0.1) is 0 Å². The zero-order chi connectivity index (χ0) is 33.3. The lowest BCUT2D eigenvalue weighted by atomic mass is 10.0. The predicted octanol–water partition coefficient (Wildman–Crippen LogP) is 3.00. The molecule has 4 saturated heterocycles. The zero-order valence-corrected chi connectivity index (χ0v) is 26.0. The number of anilines is 3. The van der Waals surface area contributed by atoms with Crippen LogP contribution in [0.25, 0.3) is 11.4 Å². The van der Waals surface area contributed by atoms with Gasteiger partial charge in [0.25, 0.3) is 0 Å². The summed E-state index contributed by atoms with van der Waals surface area (Å²) in [5.41, 5.74) is 2.57. The summed E-state index contributed by atoms with van der Waals surface area (Å²) in [6.45, 7) is 4.55. The summed E-state index contributed by atoms with van der Waals surface area (Å²) in [4.78, 5) is 38.7. The average molecular weight is 661 g/mol. The van der Waals surface area contributed by atoms with Crippen LogP contribution >= 0.6 is 0 Å². The molecule has 2 amide bonds. The summed E-state index contributed by atoms with van der Waals surface area (Å²) in [5, 5.41) is 15.5. The number of piperazine rings is 1. The first-order chi connectivity index (χ1) is 23.3. The lowest BCUT2D eigenvalue weighted by Crippen LogP contribution is -2.58. The van der Waals surface area contributed by atoms with Crippen molar-refractivity contribution in [3.8, 4) is 23.2 Å². The molecule has 48 heavy (non-hydrogen) atoms. The van der Waals surface area contributed by atoms with Crippen molar-refractivity contribution in [1.82, 2.24) is 25.1 Å². The third-order valence-electron chi connectivity index (χ3n) is 9.06. The maximum atomic E-state index is 15.1. The molecule has 4 aliphatic heterocycles. The fraction of sp³-hybridized carbons (Fsp3) is 0.424. The molecular weight excluding hydrogens is 626 g/mol. The maximum absolute atomic E-state index is 15.1. The fourth-order valence-corrected chi connectivity index (χ4v) is 6.25. The van der Waals surface area contributed by atoms with Crippen LogP contribution in [0.3, 0.4) is 0 Å². The minimum atomic E-state index is -3.40. The van der Waals surface area contributed by atoms with Crippen molar-refractivity contribution >= 4 is 29.2 Å². The van der Waals surface area contributed by atoms with Crippen molar-refractivity contribution in [2.45, 2.75) is 30.5 Å². The highest BCUT2D eigenvalue weighted by atomic mass is 19.3. The maximum Gasteiger partial charge on any atom is 0.407 e. The number of hydrogen-bond acceptors (Lipinski definition) is 11. The van der Waals surface area contributed by atoms with E-state index in [0.29, 0.717) is 23.2 Å². The van der Waals surface area contributed by atoms with Crippen LogP contribution < -0.4 is 20.3 Å². The van der Waals surface area contributed by atoms with Gasteiger partial charge in [-0.05, 0) is 48.5 Å². The lowest BCUT2D eigenvalue weighted by Gasteiger charge is -2.43. The Balaban J connectivity index is 0.972. The standard InChI is InChI=1S/C33H34F2N8O5/c34-33(35)20-43(31(44)26-19-47-32(45)39-26)10-8-28(33)48-27-6-1-21(15-22(27)16-36)30-37-9-7-29(40-30)38-23-2-4-24(5-3-23)41-11-13-42(14-12-41)25-17-46-18-25/h1-7,9,15,25-26,28H,8,10-14,17-20H2,(H,39,45)(H,37,38,40)/t26-,28-/m0/s1. The van der Waals surface area contributed by atoms with Gasteiger partial charge in [0.2, 0.25) is 5.91 Å². The molecule has 7 rings (SSSR count). The molecular formula is C33H34F2N8O5. The number of carbonyl (C=O) groups is 2. The summed E-state index contributed by atoms with van der Waals surface area (Å²) in [7, 11) is 0. The summed E-state index contributed by atoms with van der Waals surface area (Å²) in [6.07, 6.45) is -0.890. The van der Waals surface area contributed by atoms with E-state index in [9.17, 15) is 14.9 Å². The van der Waals surface area contributed by atoms with Crippen LogP contribution in [-0.2, 0) is 14.3 Å². The van der Waals surface area contributed by atoms with Gasteiger partial charge < -0.3 is 34.6 Å². The quantitative estimate of drug-likeness (QED) is 0.368. The number of rotatable bonds is 8. The van der Waals surface area contributed by atoms with Crippen molar-refractivity contribution in [1.29, 1.82) is 5.26 Å². The Kier molecular flexibility index (Phi) is 8.67. The minimum Gasteiger partial charge on any atom is -0.483 e. The van der Waals surface area contributed by atoms with Crippen LogP contribution in [0, 0.1) is 11.3 Å². The van der Waals surface area contributed by atoms with Gasteiger partial charge in [-0.1, -0.05) is 0 Å². The number of cyclic esters (lactones) is 1. The molecule has 2 aromatic carbocycles. The number of likely N-dealkylation sites (tertiary alicyclic amines) is 1. The first-order valence-electron chi connectivity index (χ1n) is 15.8. The highest BCUT2D eigenvalue weighted by Gasteiger charge is 2.49. The van der Waals surface area contributed by atoms with Crippen molar-refractivity contribution in [2.24, 2.45) is 0 Å². The molecule has 4 fully saturated rings. The topological polar surface area (TPSA) is 145 Å². The number of halogens is 2. The number of hydrogen-bond donors (Lipinski definition) is 2. The van der Waals surface area contributed by atoms with E-state index >= 15 is 8.78 Å². The van der Waals surface area contributed by atoms with Gasteiger partial charge >= 0.3 is 12.0 Å². The molecule has 0 unspecified atom stereocenters. The second-order valence-electron chi connectivity index (χ2n) is 12.2. The van der Waals surface area contributed by atoms with Crippen molar-refractivity contribution in [2.75, 3.05) is 69.3 Å². The van der Waals surface area contributed by atoms with Gasteiger partial charge in [-0.25, -0.2) is 23.5 Å². The number of aromatic nitrogens is 2. The molecule has 2 atom stereocenters. The minimum absolute atomic E-state index is 0.00461. The first kappa shape index (κ1) is 31.5. The van der Waals surface area contributed by atoms with Gasteiger partial charge in [0.05, 0.1) is 31.4 Å².